The molecule has 0 saturated carbocycles. The van der Waals surface area contributed by atoms with Crippen LogP contribution in [0.2, 0.25) is 0 Å². The molecule has 0 aliphatic rings. The fourth-order valence-electron chi connectivity index (χ4n) is 3.71. The number of carbonyl (C=O) groups excluding carboxylic acids is 1. The average molecular weight is 602 g/mol. The van der Waals surface area contributed by atoms with Crippen molar-refractivity contribution >= 4 is 49.9 Å². The van der Waals surface area contributed by atoms with Gasteiger partial charge in [0.1, 0.15) is 12.2 Å². The number of halogens is 1. The molecule has 1 heterocycles. The predicted octanol–water partition coefficient (Wildman–Crippen LogP) is 3.92. The van der Waals surface area contributed by atoms with Crippen LogP contribution >= 0.6 is 22.6 Å². The minimum Gasteiger partial charge on any atom is -0.325 e. The number of nitrogens with zero attached hydrogens (tertiary/aromatic N) is 3. The highest BCUT2D eigenvalue weighted by Crippen LogP contribution is 2.25. The molecular weight excluding hydrogens is 579 g/mol. The summed E-state index contributed by atoms with van der Waals surface area (Å²) < 4.78 is 32.3. The van der Waals surface area contributed by atoms with E-state index in [1.807, 2.05) is 18.2 Å². The topological polar surface area (TPSA) is 93.4 Å². The lowest BCUT2D eigenvalue weighted by Crippen LogP contribution is -2.41. The Balaban J connectivity index is 1.82. The lowest BCUT2D eigenvalue weighted by atomic mass is 10.3. The Hall–Kier alpha value is -3.38. The van der Waals surface area contributed by atoms with Crippen molar-refractivity contribution in [3.8, 4) is 5.69 Å². The van der Waals surface area contributed by atoms with Gasteiger partial charge in [0.25, 0.3) is 15.6 Å². The summed E-state index contributed by atoms with van der Waals surface area (Å²) in [5.74, 6) is -0.570. The summed E-state index contributed by atoms with van der Waals surface area (Å²) in [6.07, 6.45) is 0. The number of para-hydroxylation sites is 1. The molecule has 10 heteroatoms. The van der Waals surface area contributed by atoms with Gasteiger partial charge in [-0.3, -0.25) is 14.3 Å². The van der Waals surface area contributed by atoms with Gasteiger partial charge in [0.2, 0.25) is 5.91 Å². The Kier molecular flexibility index (Phi) is 7.13. The van der Waals surface area contributed by atoms with Gasteiger partial charge in [0.05, 0.1) is 16.3 Å². The highest BCUT2D eigenvalue weighted by molar-refractivity contribution is 14.1. The van der Waals surface area contributed by atoms with Crippen molar-refractivity contribution in [3.05, 3.63) is 105 Å². The molecule has 0 unspecified atom stereocenters. The predicted molar refractivity (Wildman–Crippen MR) is 145 cm³/mol. The normalized spacial score (nSPS) is 11.3. The van der Waals surface area contributed by atoms with Crippen LogP contribution in [0.3, 0.4) is 0 Å². The second-order valence-electron chi connectivity index (χ2n) is 7.79. The molecule has 35 heavy (non-hydrogen) atoms. The van der Waals surface area contributed by atoms with Crippen LogP contribution in [0.15, 0.2) is 94.6 Å². The molecule has 0 aliphatic carbocycles. The molecule has 8 nitrogen and oxygen atoms in total. The molecule has 0 saturated heterocycles. The molecule has 4 aromatic rings. The number of amides is 1. The van der Waals surface area contributed by atoms with E-state index in [4.69, 9.17) is 0 Å². The van der Waals surface area contributed by atoms with Crippen LogP contribution in [0.1, 0.15) is 5.69 Å². The zero-order valence-electron chi connectivity index (χ0n) is 19.1. The van der Waals surface area contributed by atoms with Gasteiger partial charge in [-0.25, -0.2) is 17.4 Å². The zero-order valence-corrected chi connectivity index (χ0v) is 22.0. The first kappa shape index (κ1) is 24.7. The van der Waals surface area contributed by atoms with Gasteiger partial charge >= 0.3 is 0 Å². The third kappa shape index (κ3) is 5.03. The number of anilines is 2. The first-order valence-electron chi connectivity index (χ1n) is 10.7. The summed E-state index contributed by atoms with van der Waals surface area (Å²) in [4.78, 5) is 26.6. The molecule has 0 fully saturated rings. The molecule has 4 rings (SSSR count). The highest BCUT2D eigenvalue weighted by atomic mass is 127. The highest BCUT2D eigenvalue weighted by Gasteiger charge is 2.33. The quantitative estimate of drug-likeness (QED) is 0.325. The third-order valence-electron chi connectivity index (χ3n) is 5.52. The van der Waals surface area contributed by atoms with Crippen LogP contribution in [0.25, 0.3) is 5.69 Å². The van der Waals surface area contributed by atoms with E-state index in [-0.39, 0.29) is 10.6 Å². The number of hydrogen-bond donors (Lipinski definition) is 1. The summed E-state index contributed by atoms with van der Waals surface area (Å²) in [6, 6.07) is 23.8. The molecular formula is C25H23IN4O4S. The van der Waals surface area contributed by atoms with Gasteiger partial charge in [-0.2, -0.15) is 0 Å². The van der Waals surface area contributed by atoms with Gasteiger partial charge in [-0.15, -0.1) is 0 Å². The van der Waals surface area contributed by atoms with Gasteiger partial charge in [-0.1, -0.05) is 36.4 Å². The Morgan fingerprint density at radius 1 is 0.943 bits per heavy atom. The number of aromatic nitrogens is 2. The van der Waals surface area contributed by atoms with Crippen molar-refractivity contribution < 1.29 is 13.2 Å². The van der Waals surface area contributed by atoms with E-state index >= 15 is 0 Å². The van der Waals surface area contributed by atoms with Crippen LogP contribution in [0.4, 0.5) is 11.4 Å². The van der Waals surface area contributed by atoms with E-state index < -0.39 is 28.0 Å². The SMILES string of the molecule is Cc1c(N(CC(=O)Nc2ccc(I)cc2)S(=O)(=O)c2ccccc2)c(=O)n(-c2ccccc2)n1C. The summed E-state index contributed by atoms with van der Waals surface area (Å²) >= 11 is 2.15. The molecule has 0 spiro atoms. The third-order valence-corrected chi connectivity index (χ3v) is 8.00. The van der Waals surface area contributed by atoms with E-state index in [0.717, 1.165) is 7.88 Å². The molecule has 0 aliphatic heterocycles. The molecule has 1 N–H and O–H groups in total. The van der Waals surface area contributed by atoms with Crippen LogP contribution in [-0.2, 0) is 21.9 Å². The second-order valence-corrected chi connectivity index (χ2v) is 10.9. The number of carbonyl (C=O) groups is 1. The summed E-state index contributed by atoms with van der Waals surface area (Å²) in [7, 11) is -2.56. The Morgan fingerprint density at radius 2 is 1.51 bits per heavy atom. The molecule has 0 atom stereocenters. The first-order chi connectivity index (χ1) is 16.7. The van der Waals surface area contributed by atoms with Gasteiger partial charge in [-0.05, 0) is 78.0 Å². The molecule has 1 amide bonds. The van der Waals surface area contributed by atoms with E-state index in [0.29, 0.717) is 17.1 Å². The lowest BCUT2D eigenvalue weighted by molar-refractivity contribution is -0.114. The van der Waals surface area contributed by atoms with E-state index in [1.54, 1.807) is 73.3 Å². The minimum absolute atomic E-state index is 0.0176. The zero-order chi connectivity index (χ0) is 25.2. The second kappa shape index (κ2) is 10.1. The van der Waals surface area contributed by atoms with Crippen LogP contribution in [-0.4, -0.2) is 30.2 Å². The number of benzene rings is 3. The van der Waals surface area contributed by atoms with Gasteiger partial charge in [0.15, 0.2) is 0 Å². The van der Waals surface area contributed by atoms with Crippen LogP contribution < -0.4 is 15.2 Å². The standard InChI is InChI=1S/C25H23IN4O4S/c1-18-24(25(32)30(28(18)2)21-9-5-3-6-10-21)29(35(33,34)22-11-7-4-8-12-22)17-23(31)27-20-15-13-19(26)14-16-20/h3-16H,17H2,1-2H3,(H,27,31). The molecule has 0 bridgehead atoms. The average Bonchev–Trinajstić information content (AvgIpc) is 3.07. The monoisotopic (exact) mass is 602 g/mol. The van der Waals surface area contributed by atoms with Crippen molar-refractivity contribution in [1.29, 1.82) is 0 Å². The molecule has 180 valence electrons. The molecule has 3 aromatic carbocycles. The minimum atomic E-state index is -4.23. The largest absolute Gasteiger partial charge is 0.325 e. The Bertz CT molecular complexity index is 1510. The van der Waals surface area contributed by atoms with Crippen molar-refractivity contribution in [2.45, 2.75) is 11.8 Å². The Labute approximate surface area is 217 Å². The number of rotatable bonds is 7. The first-order valence-corrected chi connectivity index (χ1v) is 13.2. The van der Waals surface area contributed by atoms with Crippen LogP contribution in [0, 0.1) is 10.5 Å². The van der Waals surface area contributed by atoms with E-state index in [9.17, 15) is 18.0 Å². The summed E-state index contributed by atoms with van der Waals surface area (Å²) in [5.41, 5.74) is 0.880. The van der Waals surface area contributed by atoms with Crippen molar-refractivity contribution in [2.75, 3.05) is 16.2 Å². The number of sulfonamides is 1. The van der Waals surface area contributed by atoms with Gasteiger partial charge < -0.3 is 5.32 Å². The fourth-order valence-corrected chi connectivity index (χ4v) is 5.56. The Morgan fingerprint density at radius 3 is 2.11 bits per heavy atom. The summed E-state index contributed by atoms with van der Waals surface area (Å²) in [5, 5.41) is 2.72. The molecule has 0 radical (unpaired) electrons. The maximum atomic E-state index is 13.7. The molecule has 1 aromatic heterocycles. The fraction of sp³-hybridized carbons (Fsp3) is 0.120. The summed E-state index contributed by atoms with van der Waals surface area (Å²) in [6.45, 7) is 1.08. The maximum Gasteiger partial charge on any atom is 0.296 e. The van der Waals surface area contributed by atoms with Crippen molar-refractivity contribution in [3.63, 3.8) is 0 Å². The van der Waals surface area contributed by atoms with Crippen molar-refractivity contribution in [1.82, 2.24) is 9.36 Å². The smallest absolute Gasteiger partial charge is 0.296 e. The lowest BCUT2D eigenvalue weighted by Gasteiger charge is -2.23. The van der Waals surface area contributed by atoms with E-state index in [1.165, 1.54) is 16.8 Å². The maximum absolute atomic E-state index is 13.7. The van der Waals surface area contributed by atoms with Crippen LogP contribution in [0.5, 0.6) is 0 Å². The van der Waals surface area contributed by atoms with Gasteiger partial charge in [0, 0.05) is 16.3 Å². The number of nitrogens with one attached hydrogen (secondary N) is 1. The number of hydrogen-bond acceptors (Lipinski definition) is 4. The van der Waals surface area contributed by atoms with E-state index in [2.05, 4.69) is 27.9 Å². The van der Waals surface area contributed by atoms with Crippen molar-refractivity contribution in [2.24, 2.45) is 7.05 Å².